The topological polar surface area (TPSA) is 61.9 Å². The maximum absolute atomic E-state index is 11.4. The first-order valence-corrected chi connectivity index (χ1v) is 7.07. The molecule has 20 heavy (non-hydrogen) atoms. The summed E-state index contributed by atoms with van der Waals surface area (Å²) in [4.78, 5) is 16.0. The average molecular weight is 299 g/mol. The lowest BCUT2D eigenvalue weighted by atomic mass is 10.4. The van der Waals surface area contributed by atoms with Gasteiger partial charge in [-0.1, -0.05) is 0 Å². The molecule has 0 fully saturated rings. The largest absolute Gasteiger partial charge is 0.469 e. The maximum atomic E-state index is 11.4. The van der Waals surface area contributed by atoms with Gasteiger partial charge in [-0.05, 0) is 20.8 Å². The predicted molar refractivity (Wildman–Crippen MR) is 76.8 cm³/mol. The SMILES string of the molecule is CCn1nc(C)c2nc(C(C)Cl)n(CCC(=O)OC)c21. The molecule has 0 spiro atoms. The lowest BCUT2D eigenvalue weighted by Crippen LogP contribution is -2.12. The zero-order valence-electron chi connectivity index (χ0n) is 12.2. The number of imidazole rings is 1. The van der Waals surface area contributed by atoms with Crippen molar-refractivity contribution in [1.29, 1.82) is 0 Å². The van der Waals surface area contributed by atoms with Gasteiger partial charge in [-0.2, -0.15) is 5.10 Å². The van der Waals surface area contributed by atoms with Crippen molar-refractivity contribution in [1.82, 2.24) is 19.3 Å². The minimum absolute atomic E-state index is 0.232. The fraction of sp³-hybridized carbons (Fsp3) is 0.615. The molecule has 6 nitrogen and oxygen atoms in total. The number of aromatic nitrogens is 4. The summed E-state index contributed by atoms with van der Waals surface area (Å²) in [6, 6.07) is 0. The molecule has 1 unspecified atom stereocenters. The minimum atomic E-state index is -0.251. The molecule has 0 radical (unpaired) electrons. The Morgan fingerprint density at radius 1 is 1.50 bits per heavy atom. The van der Waals surface area contributed by atoms with Gasteiger partial charge in [-0.25, -0.2) is 9.67 Å². The lowest BCUT2D eigenvalue weighted by molar-refractivity contribution is -0.140. The highest BCUT2D eigenvalue weighted by molar-refractivity contribution is 6.20. The third kappa shape index (κ3) is 2.52. The number of halogens is 1. The van der Waals surface area contributed by atoms with Crippen LogP contribution in [0.1, 0.15) is 37.2 Å². The summed E-state index contributed by atoms with van der Waals surface area (Å²) in [5, 5.41) is 4.22. The zero-order chi connectivity index (χ0) is 14.9. The molecule has 0 amide bonds. The van der Waals surface area contributed by atoms with Crippen LogP contribution >= 0.6 is 11.6 Å². The van der Waals surface area contributed by atoms with Gasteiger partial charge in [-0.15, -0.1) is 11.6 Å². The van der Waals surface area contributed by atoms with Gasteiger partial charge in [0.25, 0.3) is 0 Å². The number of hydrogen-bond acceptors (Lipinski definition) is 4. The van der Waals surface area contributed by atoms with Crippen LogP contribution in [0.5, 0.6) is 0 Å². The van der Waals surface area contributed by atoms with E-state index in [0.717, 1.165) is 29.2 Å². The zero-order valence-corrected chi connectivity index (χ0v) is 12.9. The van der Waals surface area contributed by atoms with Crippen molar-refractivity contribution >= 4 is 28.7 Å². The number of nitrogens with zero attached hydrogens (tertiary/aromatic N) is 4. The van der Waals surface area contributed by atoms with E-state index < -0.39 is 0 Å². The van der Waals surface area contributed by atoms with Gasteiger partial charge in [0, 0.05) is 13.1 Å². The number of esters is 1. The summed E-state index contributed by atoms with van der Waals surface area (Å²) in [6.07, 6.45) is 0.284. The molecular weight excluding hydrogens is 280 g/mol. The van der Waals surface area contributed by atoms with Gasteiger partial charge < -0.3 is 9.30 Å². The summed E-state index contributed by atoms with van der Waals surface area (Å²) in [7, 11) is 1.39. The van der Waals surface area contributed by atoms with Crippen LogP contribution in [0.15, 0.2) is 0 Å². The number of rotatable bonds is 5. The third-order valence-corrected chi connectivity index (χ3v) is 3.45. The molecule has 0 saturated heterocycles. The van der Waals surface area contributed by atoms with Crippen LogP contribution in [0, 0.1) is 6.92 Å². The predicted octanol–water partition coefficient (Wildman–Crippen LogP) is 2.42. The van der Waals surface area contributed by atoms with Gasteiger partial charge in [0.1, 0.15) is 11.3 Å². The van der Waals surface area contributed by atoms with Crippen LogP contribution in [0.3, 0.4) is 0 Å². The van der Waals surface area contributed by atoms with Crippen LogP contribution < -0.4 is 0 Å². The number of alkyl halides is 1. The second-order valence-corrected chi connectivity index (χ2v) is 5.29. The van der Waals surface area contributed by atoms with Gasteiger partial charge in [0.2, 0.25) is 0 Å². The maximum Gasteiger partial charge on any atom is 0.307 e. The van der Waals surface area contributed by atoms with E-state index in [1.165, 1.54) is 7.11 Å². The average Bonchev–Trinajstić information content (AvgIpc) is 2.94. The van der Waals surface area contributed by atoms with E-state index in [1.54, 1.807) is 0 Å². The lowest BCUT2D eigenvalue weighted by Gasteiger charge is -2.11. The quantitative estimate of drug-likeness (QED) is 0.628. The normalized spacial score (nSPS) is 12.8. The van der Waals surface area contributed by atoms with Crippen molar-refractivity contribution in [3.05, 3.63) is 11.5 Å². The first-order chi connectivity index (χ1) is 9.49. The second kappa shape index (κ2) is 5.83. The summed E-state index contributed by atoms with van der Waals surface area (Å²) in [6.45, 7) is 7.05. The fourth-order valence-corrected chi connectivity index (χ4v) is 2.46. The molecule has 1 atom stereocenters. The van der Waals surface area contributed by atoms with E-state index in [0.29, 0.717) is 6.54 Å². The third-order valence-electron chi connectivity index (χ3n) is 3.25. The first kappa shape index (κ1) is 14.8. The van der Waals surface area contributed by atoms with E-state index in [2.05, 4.69) is 10.1 Å². The Labute approximate surface area is 122 Å². The molecule has 0 N–H and O–H groups in total. The van der Waals surface area contributed by atoms with E-state index in [4.69, 9.17) is 16.3 Å². The molecule has 2 rings (SSSR count). The molecule has 0 bridgehead atoms. The van der Waals surface area contributed by atoms with Crippen LogP contribution in [-0.2, 0) is 22.6 Å². The van der Waals surface area contributed by atoms with Crippen LogP contribution in [0.4, 0.5) is 0 Å². The van der Waals surface area contributed by atoms with Gasteiger partial charge in [0.15, 0.2) is 5.65 Å². The molecule has 2 aromatic rings. The monoisotopic (exact) mass is 298 g/mol. The Morgan fingerprint density at radius 3 is 2.75 bits per heavy atom. The Kier molecular flexibility index (Phi) is 4.32. The molecule has 2 heterocycles. The molecule has 0 aromatic carbocycles. The van der Waals surface area contributed by atoms with Crippen molar-refractivity contribution in [2.45, 2.75) is 45.7 Å². The molecule has 0 saturated carbocycles. The molecule has 7 heteroatoms. The van der Waals surface area contributed by atoms with Crippen molar-refractivity contribution < 1.29 is 9.53 Å². The molecule has 0 aliphatic heterocycles. The number of carbonyl (C=O) groups excluding carboxylic acids is 1. The molecular formula is C13H19ClN4O2. The molecule has 0 aliphatic rings. The number of methoxy groups -OCH3 is 1. The van der Waals surface area contributed by atoms with E-state index >= 15 is 0 Å². The Balaban J connectivity index is 2.52. The smallest absolute Gasteiger partial charge is 0.307 e. The van der Waals surface area contributed by atoms with E-state index in [1.807, 2.05) is 30.0 Å². The standard InChI is InChI=1S/C13H19ClN4O2/c1-5-18-13-11(9(3)16-18)15-12(8(2)14)17(13)7-6-10(19)20-4/h8H,5-7H2,1-4H3. The first-order valence-electron chi connectivity index (χ1n) is 6.64. The highest BCUT2D eigenvalue weighted by Crippen LogP contribution is 2.26. The van der Waals surface area contributed by atoms with Crippen molar-refractivity contribution in [2.24, 2.45) is 0 Å². The van der Waals surface area contributed by atoms with Crippen LogP contribution in [-0.4, -0.2) is 32.4 Å². The van der Waals surface area contributed by atoms with Gasteiger partial charge >= 0.3 is 5.97 Å². The number of carbonyl (C=O) groups is 1. The Hall–Kier alpha value is -1.56. The number of aryl methyl sites for hydroxylation is 3. The number of hydrogen-bond donors (Lipinski definition) is 0. The summed E-state index contributed by atoms with van der Waals surface area (Å²) in [5.74, 6) is 0.507. The van der Waals surface area contributed by atoms with E-state index in [-0.39, 0.29) is 17.8 Å². The highest BCUT2D eigenvalue weighted by atomic mass is 35.5. The highest BCUT2D eigenvalue weighted by Gasteiger charge is 2.21. The minimum Gasteiger partial charge on any atom is -0.469 e. The van der Waals surface area contributed by atoms with Crippen molar-refractivity contribution in [2.75, 3.05) is 7.11 Å². The Bertz CT molecular complexity index is 630. The fourth-order valence-electron chi connectivity index (χ4n) is 2.29. The summed E-state index contributed by atoms with van der Waals surface area (Å²) < 4.78 is 8.55. The second-order valence-electron chi connectivity index (χ2n) is 4.64. The molecule has 0 aliphatic carbocycles. The van der Waals surface area contributed by atoms with Gasteiger partial charge in [-0.3, -0.25) is 4.79 Å². The summed E-state index contributed by atoms with van der Waals surface area (Å²) in [5.41, 5.74) is 2.63. The number of ether oxygens (including phenoxy) is 1. The Morgan fingerprint density at radius 2 is 2.20 bits per heavy atom. The van der Waals surface area contributed by atoms with Gasteiger partial charge in [0.05, 0.1) is 24.6 Å². The van der Waals surface area contributed by atoms with Crippen LogP contribution in [0.25, 0.3) is 11.2 Å². The van der Waals surface area contributed by atoms with Crippen molar-refractivity contribution in [3.8, 4) is 0 Å². The van der Waals surface area contributed by atoms with Crippen molar-refractivity contribution in [3.63, 3.8) is 0 Å². The van der Waals surface area contributed by atoms with Crippen LogP contribution in [0.2, 0.25) is 0 Å². The molecule has 2 aromatic heterocycles. The van der Waals surface area contributed by atoms with E-state index in [9.17, 15) is 4.79 Å². The molecule has 110 valence electrons. The number of fused-ring (bicyclic) bond motifs is 1. The summed E-state index contributed by atoms with van der Waals surface area (Å²) >= 11 is 6.20.